The van der Waals surface area contributed by atoms with Crippen molar-refractivity contribution in [1.82, 2.24) is 4.90 Å². The molecule has 5 rings (SSSR count). The number of alkyl halides is 3. The Morgan fingerprint density at radius 3 is 2.30 bits per heavy atom. The molecular weight excluding hydrogens is 559 g/mol. The highest BCUT2D eigenvalue weighted by atomic mass is 19.4. The van der Waals surface area contributed by atoms with Crippen LogP contribution in [0.4, 0.5) is 24.5 Å². The normalized spacial score (nSPS) is 11.3. The molecule has 0 bridgehead atoms. The van der Waals surface area contributed by atoms with Gasteiger partial charge in [-0.1, -0.05) is 48.5 Å². The predicted molar refractivity (Wildman–Crippen MR) is 158 cm³/mol. The summed E-state index contributed by atoms with van der Waals surface area (Å²) < 4.78 is 50.9. The fourth-order valence-corrected chi connectivity index (χ4v) is 4.47. The second-order valence-corrected chi connectivity index (χ2v) is 9.80. The monoisotopic (exact) mass is 587 g/mol. The molecule has 5 aromatic rings. The molecular formula is C33H28F3N3O4. The number of fused-ring (bicyclic) bond motifs is 1. The topological polar surface area (TPSA) is 97.8 Å². The average molecular weight is 588 g/mol. The first-order valence-corrected chi connectivity index (χ1v) is 13.5. The van der Waals surface area contributed by atoms with Gasteiger partial charge in [-0.25, -0.2) is 0 Å². The van der Waals surface area contributed by atoms with Crippen LogP contribution in [0.25, 0.3) is 11.0 Å². The summed E-state index contributed by atoms with van der Waals surface area (Å²) in [5, 5.41) is 3.16. The number of carbonyl (C=O) groups is 2. The van der Waals surface area contributed by atoms with Gasteiger partial charge >= 0.3 is 6.18 Å². The molecule has 0 saturated heterocycles. The quantitative estimate of drug-likeness (QED) is 0.171. The summed E-state index contributed by atoms with van der Waals surface area (Å²) in [5.74, 6) is -0.349. The number of ether oxygens (including phenoxy) is 1. The van der Waals surface area contributed by atoms with E-state index in [1.807, 2.05) is 30.3 Å². The van der Waals surface area contributed by atoms with Crippen molar-refractivity contribution in [2.24, 2.45) is 0 Å². The van der Waals surface area contributed by atoms with Gasteiger partial charge in [-0.2, -0.15) is 13.2 Å². The van der Waals surface area contributed by atoms with Gasteiger partial charge in [-0.15, -0.1) is 0 Å². The Hall–Kier alpha value is -5.25. The van der Waals surface area contributed by atoms with E-state index in [0.717, 1.165) is 17.7 Å². The molecule has 0 atom stereocenters. The molecule has 4 aromatic carbocycles. The van der Waals surface area contributed by atoms with Crippen LogP contribution in [-0.4, -0.2) is 36.4 Å². The zero-order valence-electron chi connectivity index (χ0n) is 22.9. The van der Waals surface area contributed by atoms with Crippen molar-refractivity contribution in [2.75, 3.05) is 30.7 Å². The van der Waals surface area contributed by atoms with Crippen LogP contribution in [0.2, 0.25) is 0 Å². The summed E-state index contributed by atoms with van der Waals surface area (Å²) >= 11 is 0. The number of halogens is 3. The maximum Gasteiger partial charge on any atom is 0.416 e. The highest BCUT2D eigenvalue weighted by Crippen LogP contribution is 2.32. The molecule has 2 amide bonds. The summed E-state index contributed by atoms with van der Waals surface area (Å²) in [4.78, 5) is 27.6. The minimum absolute atomic E-state index is 0.0171. The number of benzene rings is 4. The zero-order chi connectivity index (χ0) is 30.4. The smallest absolute Gasteiger partial charge is 0.416 e. The molecule has 0 fully saturated rings. The van der Waals surface area contributed by atoms with Crippen LogP contribution in [-0.2, 0) is 12.6 Å². The summed E-state index contributed by atoms with van der Waals surface area (Å²) in [6.07, 6.45) is -3.97. The van der Waals surface area contributed by atoms with Gasteiger partial charge in [0.1, 0.15) is 17.9 Å². The van der Waals surface area contributed by atoms with Gasteiger partial charge in [0.25, 0.3) is 11.8 Å². The van der Waals surface area contributed by atoms with Gasteiger partial charge in [0.15, 0.2) is 5.76 Å². The van der Waals surface area contributed by atoms with Crippen LogP contribution >= 0.6 is 0 Å². The first-order valence-electron chi connectivity index (χ1n) is 13.5. The molecule has 3 N–H and O–H groups in total. The number of nitrogens with two attached hydrogens (primary N) is 1. The van der Waals surface area contributed by atoms with Crippen molar-refractivity contribution >= 4 is 34.2 Å². The summed E-state index contributed by atoms with van der Waals surface area (Å²) in [7, 11) is 0. The van der Waals surface area contributed by atoms with Crippen LogP contribution in [0, 0.1) is 0 Å². The lowest BCUT2D eigenvalue weighted by Crippen LogP contribution is -2.36. The van der Waals surface area contributed by atoms with E-state index in [4.69, 9.17) is 14.9 Å². The van der Waals surface area contributed by atoms with E-state index in [0.29, 0.717) is 41.0 Å². The average Bonchev–Trinajstić information content (AvgIpc) is 3.44. The molecule has 0 aliphatic carbocycles. The summed E-state index contributed by atoms with van der Waals surface area (Å²) in [5.41, 5.74) is 7.42. The Labute approximate surface area is 245 Å². The molecule has 1 heterocycles. The van der Waals surface area contributed by atoms with E-state index in [-0.39, 0.29) is 30.4 Å². The van der Waals surface area contributed by atoms with Crippen molar-refractivity contribution in [3.63, 3.8) is 0 Å². The zero-order valence-corrected chi connectivity index (χ0v) is 22.9. The van der Waals surface area contributed by atoms with E-state index in [2.05, 4.69) is 5.32 Å². The van der Waals surface area contributed by atoms with Gasteiger partial charge in [-0.3, -0.25) is 9.59 Å². The van der Waals surface area contributed by atoms with Crippen LogP contribution < -0.4 is 15.8 Å². The first kappa shape index (κ1) is 29.2. The fraction of sp³-hybridized carbons (Fsp3) is 0.152. The van der Waals surface area contributed by atoms with E-state index in [1.54, 1.807) is 53.4 Å². The molecule has 0 unspecified atom stereocenters. The largest absolute Gasteiger partial charge is 0.492 e. The lowest BCUT2D eigenvalue weighted by Gasteiger charge is -2.22. The summed E-state index contributed by atoms with van der Waals surface area (Å²) in [6.45, 7) is 0.649. The molecule has 0 spiro atoms. The van der Waals surface area contributed by atoms with Crippen molar-refractivity contribution in [2.45, 2.75) is 12.6 Å². The highest BCUT2D eigenvalue weighted by Gasteiger charge is 2.31. The third-order valence-electron chi connectivity index (χ3n) is 6.81. The van der Waals surface area contributed by atoms with Gasteiger partial charge in [0, 0.05) is 17.5 Å². The van der Waals surface area contributed by atoms with Gasteiger partial charge in [0.2, 0.25) is 0 Å². The van der Waals surface area contributed by atoms with E-state index in [1.165, 1.54) is 12.1 Å². The van der Waals surface area contributed by atoms with Gasteiger partial charge < -0.3 is 25.1 Å². The number of amides is 2. The van der Waals surface area contributed by atoms with Gasteiger partial charge in [0.05, 0.1) is 23.5 Å². The number of para-hydroxylation sites is 2. The number of furan rings is 1. The fourth-order valence-electron chi connectivity index (χ4n) is 4.47. The minimum atomic E-state index is -4.53. The lowest BCUT2D eigenvalue weighted by atomic mass is 10.1. The Morgan fingerprint density at radius 2 is 1.58 bits per heavy atom. The molecule has 0 aliphatic rings. The number of carbonyl (C=O) groups excluding carboxylic acids is 2. The number of nitrogens with zero attached hydrogens (tertiary/aromatic N) is 1. The van der Waals surface area contributed by atoms with E-state index in [9.17, 15) is 22.8 Å². The number of hydrogen-bond donors (Lipinski definition) is 2. The number of hydrogen-bond acceptors (Lipinski definition) is 5. The second-order valence-electron chi connectivity index (χ2n) is 9.80. The maximum atomic E-state index is 13.5. The minimum Gasteiger partial charge on any atom is -0.492 e. The highest BCUT2D eigenvalue weighted by molar-refractivity contribution is 6.05. The lowest BCUT2D eigenvalue weighted by molar-refractivity contribution is -0.137. The first-order chi connectivity index (χ1) is 20.7. The van der Waals surface area contributed by atoms with Crippen LogP contribution in [0.1, 0.15) is 32.0 Å². The predicted octanol–water partition coefficient (Wildman–Crippen LogP) is 7.05. The molecule has 0 saturated carbocycles. The second kappa shape index (κ2) is 12.7. The van der Waals surface area contributed by atoms with Crippen molar-refractivity contribution < 1.29 is 31.9 Å². The Balaban J connectivity index is 1.25. The van der Waals surface area contributed by atoms with Crippen molar-refractivity contribution in [3.05, 3.63) is 126 Å². The van der Waals surface area contributed by atoms with Crippen LogP contribution in [0.5, 0.6) is 5.75 Å². The van der Waals surface area contributed by atoms with Gasteiger partial charge in [-0.05, 0) is 66.6 Å². The molecule has 0 aliphatic heterocycles. The Bertz CT molecular complexity index is 1720. The SMILES string of the molecule is Nc1ccccc1NC(=O)c1ccc(OCCN(CCc2ccccc2)C(=O)c2cc3ccc(C(F)(F)F)cc3o2)cc1. The Morgan fingerprint density at radius 1 is 0.860 bits per heavy atom. The molecule has 220 valence electrons. The van der Waals surface area contributed by atoms with Crippen LogP contribution in [0.15, 0.2) is 108 Å². The number of nitrogen functional groups attached to an aromatic ring is 1. The number of anilines is 2. The third-order valence-corrected chi connectivity index (χ3v) is 6.81. The van der Waals surface area contributed by atoms with E-state index < -0.39 is 17.6 Å². The molecule has 7 nitrogen and oxygen atoms in total. The maximum absolute atomic E-state index is 13.5. The molecule has 0 radical (unpaired) electrons. The number of nitrogens with one attached hydrogen (secondary N) is 1. The van der Waals surface area contributed by atoms with Crippen molar-refractivity contribution in [3.8, 4) is 5.75 Å². The van der Waals surface area contributed by atoms with Crippen LogP contribution in [0.3, 0.4) is 0 Å². The standard InChI is InChI=1S/C33H28F3N3O4/c34-33(35,36)25-13-10-24-20-30(43-29(24)21-25)32(41)39(17-16-22-6-2-1-3-7-22)18-19-42-26-14-11-23(12-15-26)31(40)38-28-9-5-4-8-27(28)37/h1-15,20-21H,16-19,37H2,(H,38,40). The number of rotatable bonds is 10. The van der Waals surface area contributed by atoms with E-state index >= 15 is 0 Å². The molecule has 10 heteroatoms. The molecule has 43 heavy (non-hydrogen) atoms. The summed E-state index contributed by atoms with van der Waals surface area (Å²) in [6, 6.07) is 27.7. The Kier molecular flexibility index (Phi) is 8.66. The molecule has 1 aromatic heterocycles. The third kappa shape index (κ3) is 7.34. The van der Waals surface area contributed by atoms with Crippen molar-refractivity contribution in [1.29, 1.82) is 0 Å².